The fourth-order valence-corrected chi connectivity index (χ4v) is 5.02. The zero-order valence-corrected chi connectivity index (χ0v) is 15.4. The Labute approximate surface area is 157 Å². The van der Waals surface area contributed by atoms with Gasteiger partial charge >= 0.3 is 0 Å². The Hall–Kier alpha value is -2.27. The van der Waals surface area contributed by atoms with Crippen LogP contribution >= 0.6 is 27.7 Å². The van der Waals surface area contributed by atoms with Crippen LogP contribution in [-0.4, -0.2) is 11.5 Å². The molecule has 124 valence electrons. The van der Waals surface area contributed by atoms with Crippen molar-refractivity contribution < 1.29 is 4.39 Å². The average Bonchev–Trinajstić information content (AvgIpc) is 2.63. The SMILES string of the molecule is N#CC1=C(N)C(C#N)(C#N)[C@H](c2cc(Br)ccc2F)[C@@H]2CSCC=C12. The minimum absolute atomic E-state index is 0.0845. The normalized spacial score (nSPS) is 24.4. The molecule has 1 aromatic carbocycles. The van der Waals surface area contributed by atoms with E-state index in [1.54, 1.807) is 23.9 Å². The number of nitriles is 3. The molecule has 2 N–H and O–H groups in total. The van der Waals surface area contributed by atoms with E-state index in [1.165, 1.54) is 6.07 Å². The summed E-state index contributed by atoms with van der Waals surface area (Å²) in [5, 5.41) is 29.2. The number of allylic oxidation sites excluding steroid dienone is 3. The van der Waals surface area contributed by atoms with Crippen molar-refractivity contribution in [2.75, 3.05) is 11.5 Å². The van der Waals surface area contributed by atoms with E-state index in [1.807, 2.05) is 24.3 Å². The van der Waals surface area contributed by atoms with Crippen LogP contribution in [0, 0.1) is 51.1 Å². The first-order chi connectivity index (χ1) is 12.0. The Morgan fingerprint density at radius 1 is 1.28 bits per heavy atom. The van der Waals surface area contributed by atoms with E-state index in [0.29, 0.717) is 21.6 Å². The van der Waals surface area contributed by atoms with E-state index >= 15 is 0 Å². The highest BCUT2D eigenvalue weighted by Crippen LogP contribution is 2.55. The minimum Gasteiger partial charge on any atom is -0.399 e. The number of hydrogen-bond acceptors (Lipinski definition) is 5. The van der Waals surface area contributed by atoms with Gasteiger partial charge in [0.2, 0.25) is 0 Å². The van der Waals surface area contributed by atoms with Gasteiger partial charge in [-0.1, -0.05) is 22.0 Å². The van der Waals surface area contributed by atoms with E-state index in [0.717, 1.165) is 0 Å². The molecule has 0 spiro atoms. The topological polar surface area (TPSA) is 97.4 Å². The number of thioether (sulfide) groups is 1. The standard InChI is InChI=1S/C18H12BrFN4S/c19-10-1-2-15(20)12(5-10)16-14-7-25-4-3-11(14)13(6-21)17(24)18(16,8-22)9-23/h1-3,5,14,16H,4,7,24H2/t14-,16-/m1/s1. The van der Waals surface area contributed by atoms with E-state index < -0.39 is 17.2 Å². The van der Waals surface area contributed by atoms with Crippen LogP contribution in [0.1, 0.15) is 11.5 Å². The highest BCUT2D eigenvalue weighted by Gasteiger charge is 2.54. The maximum Gasteiger partial charge on any atom is 0.191 e. The van der Waals surface area contributed by atoms with E-state index in [-0.39, 0.29) is 22.8 Å². The molecule has 4 nitrogen and oxygen atoms in total. The van der Waals surface area contributed by atoms with Crippen LogP contribution in [0.25, 0.3) is 0 Å². The molecule has 1 aliphatic carbocycles. The third-order valence-electron chi connectivity index (χ3n) is 4.73. The maximum absolute atomic E-state index is 14.6. The molecule has 0 saturated heterocycles. The molecule has 0 unspecified atom stereocenters. The zero-order valence-electron chi connectivity index (χ0n) is 13.0. The third kappa shape index (κ3) is 2.54. The Kier molecular flexibility index (Phi) is 4.60. The van der Waals surface area contributed by atoms with Crippen LogP contribution < -0.4 is 5.73 Å². The van der Waals surface area contributed by atoms with Crippen LogP contribution in [0.4, 0.5) is 4.39 Å². The van der Waals surface area contributed by atoms with Gasteiger partial charge < -0.3 is 5.73 Å². The first-order valence-electron chi connectivity index (χ1n) is 7.46. The molecule has 1 heterocycles. The lowest BCUT2D eigenvalue weighted by Gasteiger charge is -2.43. The van der Waals surface area contributed by atoms with Crippen LogP contribution in [0.5, 0.6) is 0 Å². The summed E-state index contributed by atoms with van der Waals surface area (Å²) in [6, 6.07) is 10.5. The summed E-state index contributed by atoms with van der Waals surface area (Å²) in [6.45, 7) is 0. The summed E-state index contributed by atoms with van der Waals surface area (Å²) in [5.74, 6) is -0.304. The van der Waals surface area contributed by atoms with Crippen LogP contribution in [0.15, 0.2) is 45.6 Å². The van der Waals surface area contributed by atoms with Crippen LogP contribution in [0.2, 0.25) is 0 Å². The Morgan fingerprint density at radius 3 is 2.64 bits per heavy atom. The molecular weight excluding hydrogens is 403 g/mol. The van der Waals surface area contributed by atoms with E-state index in [9.17, 15) is 20.2 Å². The van der Waals surface area contributed by atoms with Crippen molar-refractivity contribution in [1.82, 2.24) is 0 Å². The largest absolute Gasteiger partial charge is 0.399 e. The molecule has 0 saturated carbocycles. The lowest BCUT2D eigenvalue weighted by atomic mass is 9.59. The molecule has 0 radical (unpaired) electrons. The lowest BCUT2D eigenvalue weighted by molar-refractivity contribution is 0.357. The Balaban J connectivity index is 2.38. The average molecular weight is 415 g/mol. The number of hydrogen-bond donors (Lipinski definition) is 1. The van der Waals surface area contributed by atoms with Crippen LogP contribution in [0.3, 0.4) is 0 Å². The van der Waals surface area contributed by atoms with Gasteiger partial charge in [-0.15, -0.1) is 0 Å². The third-order valence-corrected chi connectivity index (χ3v) is 6.22. The quantitative estimate of drug-likeness (QED) is 0.754. The van der Waals surface area contributed by atoms with Gasteiger partial charge in [-0.2, -0.15) is 27.5 Å². The van der Waals surface area contributed by atoms with Gasteiger partial charge in [-0.05, 0) is 29.3 Å². The van der Waals surface area contributed by atoms with Crippen molar-refractivity contribution in [3.63, 3.8) is 0 Å². The summed E-state index contributed by atoms with van der Waals surface area (Å²) in [6.07, 6.45) is 1.89. The summed E-state index contributed by atoms with van der Waals surface area (Å²) in [4.78, 5) is 0. The summed E-state index contributed by atoms with van der Waals surface area (Å²) in [7, 11) is 0. The van der Waals surface area contributed by atoms with Crippen molar-refractivity contribution in [2.45, 2.75) is 5.92 Å². The van der Waals surface area contributed by atoms with Gasteiger partial charge in [-0.3, -0.25) is 0 Å². The first kappa shape index (κ1) is 17.5. The highest BCUT2D eigenvalue weighted by atomic mass is 79.9. The molecule has 0 aromatic heterocycles. The highest BCUT2D eigenvalue weighted by molar-refractivity contribution is 9.10. The molecule has 1 aromatic rings. The summed E-state index contributed by atoms with van der Waals surface area (Å²) in [5.41, 5.74) is 5.43. The number of halogens is 2. The van der Waals surface area contributed by atoms with Gasteiger partial charge in [-0.25, -0.2) is 4.39 Å². The number of nitrogens with two attached hydrogens (primary N) is 1. The molecular formula is C18H12BrFN4S. The van der Waals surface area contributed by atoms with Crippen molar-refractivity contribution in [3.05, 3.63) is 57.0 Å². The second kappa shape index (κ2) is 6.56. The number of fused-ring (bicyclic) bond motifs is 1. The smallest absolute Gasteiger partial charge is 0.191 e. The molecule has 0 bridgehead atoms. The minimum atomic E-state index is -1.79. The Bertz CT molecular complexity index is 918. The van der Waals surface area contributed by atoms with Crippen molar-refractivity contribution in [2.24, 2.45) is 17.1 Å². The van der Waals surface area contributed by atoms with Crippen molar-refractivity contribution >= 4 is 27.7 Å². The van der Waals surface area contributed by atoms with Gasteiger partial charge in [0.1, 0.15) is 11.9 Å². The second-order valence-corrected chi connectivity index (χ2v) is 7.87. The van der Waals surface area contributed by atoms with Gasteiger partial charge in [0.05, 0.1) is 23.4 Å². The van der Waals surface area contributed by atoms with E-state index in [4.69, 9.17) is 5.73 Å². The Morgan fingerprint density at radius 2 is 2.00 bits per heavy atom. The molecule has 2 aliphatic rings. The van der Waals surface area contributed by atoms with Gasteiger partial charge in [0, 0.05) is 27.8 Å². The first-order valence-corrected chi connectivity index (χ1v) is 9.41. The second-order valence-electron chi connectivity index (χ2n) is 5.88. The molecule has 2 atom stereocenters. The van der Waals surface area contributed by atoms with Crippen molar-refractivity contribution in [3.8, 4) is 18.2 Å². The fraction of sp³-hybridized carbons (Fsp3) is 0.278. The lowest BCUT2D eigenvalue weighted by Crippen LogP contribution is -2.44. The number of benzene rings is 1. The number of rotatable bonds is 1. The molecule has 0 amide bonds. The van der Waals surface area contributed by atoms with Crippen molar-refractivity contribution in [1.29, 1.82) is 15.8 Å². The molecule has 7 heteroatoms. The molecule has 0 fully saturated rings. The molecule has 3 rings (SSSR count). The maximum atomic E-state index is 14.6. The molecule has 1 aliphatic heterocycles. The number of nitrogens with zero attached hydrogens (tertiary/aromatic N) is 3. The molecule has 25 heavy (non-hydrogen) atoms. The predicted molar refractivity (Wildman–Crippen MR) is 96.2 cm³/mol. The van der Waals surface area contributed by atoms with Gasteiger partial charge in [0.15, 0.2) is 5.41 Å². The summed E-state index contributed by atoms with van der Waals surface area (Å²) < 4.78 is 15.3. The van der Waals surface area contributed by atoms with Gasteiger partial charge in [0.25, 0.3) is 0 Å². The van der Waals surface area contributed by atoms with E-state index in [2.05, 4.69) is 15.9 Å². The van der Waals surface area contributed by atoms with Crippen LogP contribution in [-0.2, 0) is 0 Å². The summed E-state index contributed by atoms with van der Waals surface area (Å²) >= 11 is 4.95. The fourth-order valence-electron chi connectivity index (χ4n) is 3.58. The monoisotopic (exact) mass is 414 g/mol. The predicted octanol–water partition coefficient (Wildman–Crippen LogP) is 3.74. The zero-order chi connectivity index (χ0) is 18.2.